The van der Waals surface area contributed by atoms with Gasteiger partial charge in [-0.2, -0.15) is 21.0 Å². The van der Waals surface area contributed by atoms with Crippen molar-refractivity contribution < 1.29 is 38.1 Å². The fourth-order valence-corrected chi connectivity index (χ4v) is 3.62. The molecule has 0 unspecified atom stereocenters. The summed E-state index contributed by atoms with van der Waals surface area (Å²) >= 11 is 0. The first-order valence-corrected chi connectivity index (χ1v) is 11.9. The molecule has 4 fully saturated rings. The number of hydrogen-bond donors (Lipinski definition) is 0. The lowest BCUT2D eigenvalue weighted by Gasteiger charge is -2.32. The molecule has 4 aliphatic carbocycles. The topological polar surface area (TPSA) is 200 Å². The first kappa shape index (κ1) is 25.9. The van der Waals surface area contributed by atoms with Crippen LogP contribution in [0.3, 0.4) is 0 Å². The third-order valence-corrected chi connectivity index (χ3v) is 7.46. The molecule has 192 valence electrons. The fourth-order valence-electron chi connectivity index (χ4n) is 3.62. The minimum absolute atomic E-state index is 0.314. The summed E-state index contributed by atoms with van der Waals surface area (Å²) in [4.78, 5) is 50.3. The van der Waals surface area contributed by atoms with Gasteiger partial charge in [0.05, 0.1) is 24.3 Å². The van der Waals surface area contributed by atoms with Crippen molar-refractivity contribution in [3.05, 3.63) is 0 Å². The van der Waals surface area contributed by atoms with Gasteiger partial charge in [0.1, 0.15) is 31.8 Å². The highest BCUT2D eigenvalue weighted by Crippen LogP contribution is 2.49. The van der Waals surface area contributed by atoms with E-state index in [0.29, 0.717) is 51.4 Å². The number of carbonyl (C=O) groups is 4. The Morgan fingerprint density at radius 2 is 0.676 bits per heavy atom. The van der Waals surface area contributed by atoms with Crippen molar-refractivity contribution in [3.63, 3.8) is 0 Å². The van der Waals surface area contributed by atoms with Crippen molar-refractivity contribution in [1.29, 1.82) is 21.0 Å². The Bertz CT molecular complexity index is 1010. The monoisotopic (exact) mass is 508 g/mol. The molecule has 4 aliphatic rings. The van der Waals surface area contributed by atoms with Crippen LogP contribution in [0.15, 0.2) is 0 Å². The normalized spacial score (nSPS) is 21.7. The lowest BCUT2D eigenvalue weighted by atomic mass is 9.91. The van der Waals surface area contributed by atoms with Gasteiger partial charge >= 0.3 is 23.9 Å². The molecule has 0 aromatic carbocycles. The van der Waals surface area contributed by atoms with Crippen molar-refractivity contribution in [3.8, 4) is 24.3 Å². The van der Waals surface area contributed by atoms with E-state index in [-0.39, 0.29) is 0 Å². The number of nitriles is 4. The first-order chi connectivity index (χ1) is 17.6. The van der Waals surface area contributed by atoms with E-state index in [1.54, 1.807) is 0 Å². The second-order valence-electron chi connectivity index (χ2n) is 10.6. The summed E-state index contributed by atoms with van der Waals surface area (Å²) in [5, 5.41) is 37.2. The third-order valence-electron chi connectivity index (χ3n) is 7.46. The van der Waals surface area contributed by atoms with Crippen molar-refractivity contribution in [1.82, 2.24) is 0 Å². The Balaban J connectivity index is 1.54. The van der Waals surface area contributed by atoms with Crippen molar-refractivity contribution >= 4 is 23.9 Å². The van der Waals surface area contributed by atoms with E-state index in [0.717, 1.165) is 0 Å². The Labute approximate surface area is 212 Å². The summed E-state index contributed by atoms with van der Waals surface area (Å²) in [5.41, 5.74) is -6.75. The molecular formula is C25H24N4O8. The van der Waals surface area contributed by atoms with Crippen molar-refractivity contribution in [2.45, 2.75) is 51.4 Å². The molecule has 4 saturated carbocycles. The molecule has 0 amide bonds. The van der Waals surface area contributed by atoms with Crippen molar-refractivity contribution in [2.75, 3.05) is 26.4 Å². The van der Waals surface area contributed by atoms with Crippen LogP contribution in [0.1, 0.15) is 51.4 Å². The SMILES string of the molecule is N#CC1(C(=O)OCC(COC(=O)C2(C#N)CC2)(COC(=O)C2(C#N)CC2)COC(=O)C2(C#N)CC2)CC1. The van der Waals surface area contributed by atoms with E-state index >= 15 is 0 Å². The van der Waals surface area contributed by atoms with E-state index in [1.165, 1.54) is 0 Å². The summed E-state index contributed by atoms with van der Waals surface area (Å²) in [6.45, 7) is -2.22. The Kier molecular flexibility index (Phi) is 6.34. The maximum atomic E-state index is 12.6. The molecule has 0 aromatic rings. The van der Waals surface area contributed by atoms with Gasteiger partial charge in [0.2, 0.25) is 0 Å². The van der Waals surface area contributed by atoms with Gasteiger partial charge in [0.25, 0.3) is 0 Å². The molecule has 0 heterocycles. The quantitative estimate of drug-likeness (QED) is 0.271. The molecule has 0 radical (unpaired) electrons. The van der Waals surface area contributed by atoms with Gasteiger partial charge in [-0.1, -0.05) is 0 Å². The van der Waals surface area contributed by atoms with E-state index < -0.39 is 77.4 Å². The zero-order valence-electron chi connectivity index (χ0n) is 20.0. The molecule has 0 aromatic heterocycles. The molecule has 0 spiro atoms. The number of carbonyl (C=O) groups excluding carboxylic acids is 4. The van der Waals surface area contributed by atoms with Crippen LogP contribution in [0.2, 0.25) is 0 Å². The number of esters is 4. The summed E-state index contributed by atoms with van der Waals surface area (Å²) in [6.07, 6.45) is 2.51. The van der Waals surface area contributed by atoms with Crippen LogP contribution < -0.4 is 0 Å². The van der Waals surface area contributed by atoms with Crippen LogP contribution in [0.25, 0.3) is 0 Å². The Hall–Kier alpha value is -4.16. The highest BCUT2D eigenvalue weighted by Gasteiger charge is 2.57. The van der Waals surface area contributed by atoms with Gasteiger partial charge in [0.15, 0.2) is 21.7 Å². The molecule has 12 heteroatoms. The lowest BCUT2D eigenvalue weighted by Crippen LogP contribution is -2.45. The van der Waals surface area contributed by atoms with E-state index in [1.807, 2.05) is 24.3 Å². The minimum atomic E-state index is -1.61. The summed E-state index contributed by atoms with van der Waals surface area (Å²) < 4.78 is 21.5. The van der Waals surface area contributed by atoms with E-state index in [2.05, 4.69) is 0 Å². The fraction of sp³-hybridized carbons (Fsp3) is 0.680. The zero-order valence-corrected chi connectivity index (χ0v) is 20.0. The molecule has 12 nitrogen and oxygen atoms in total. The highest BCUT2D eigenvalue weighted by atomic mass is 16.6. The van der Waals surface area contributed by atoms with Crippen LogP contribution in [0.5, 0.6) is 0 Å². The summed E-state index contributed by atoms with van der Waals surface area (Å²) in [5.74, 6) is -3.26. The predicted octanol–water partition coefficient (Wildman–Crippen LogP) is 1.36. The average molecular weight is 508 g/mol. The standard InChI is InChI=1S/C25H24N4O8/c26-9-22(1-2-22)17(30)34-13-21(14-35-18(31)23(10-27)3-4-23,15-36-19(32)24(11-28)5-6-24)16-37-20(33)25(12-29)7-8-25/h1-8,13-16H2. The van der Waals surface area contributed by atoms with Crippen LogP contribution in [0.4, 0.5) is 0 Å². The largest absolute Gasteiger partial charge is 0.463 e. The molecule has 0 bridgehead atoms. The van der Waals surface area contributed by atoms with E-state index in [4.69, 9.17) is 18.9 Å². The second-order valence-corrected chi connectivity index (χ2v) is 10.6. The van der Waals surface area contributed by atoms with Crippen molar-refractivity contribution in [2.24, 2.45) is 27.1 Å². The van der Waals surface area contributed by atoms with Crippen LogP contribution in [-0.2, 0) is 38.1 Å². The molecule has 0 saturated heterocycles. The van der Waals surface area contributed by atoms with Gasteiger partial charge in [-0.3, -0.25) is 19.2 Å². The second kappa shape index (κ2) is 9.05. The predicted molar refractivity (Wildman–Crippen MR) is 115 cm³/mol. The number of nitrogens with zero attached hydrogens (tertiary/aromatic N) is 4. The van der Waals surface area contributed by atoms with E-state index in [9.17, 15) is 40.2 Å². The molecule has 0 atom stereocenters. The van der Waals surface area contributed by atoms with Gasteiger partial charge in [-0.05, 0) is 51.4 Å². The third kappa shape index (κ3) is 4.93. The van der Waals surface area contributed by atoms with Gasteiger partial charge in [-0.15, -0.1) is 0 Å². The lowest BCUT2D eigenvalue weighted by molar-refractivity contribution is -0.175. The van der Waals surface area contributed by atoms with Gasteiger partial charge in [0, 0.05) is 0 Å². The average Bonchev–Trinajstić information content (AvgIpc) is 3.77. The molecule has 4 rings (SSSR count). The molecular weight excluding hydrogens is 484 g/mol. The maximum absolute atomic E-state index is 12.6. The first-order valence-electron chi connectivity index (χ1n) is 11.9. The molecule has 0 aliphatic heterocycles. The Morgan fingerprint density at radius 1 is 0.486 bits per heavy atom. The smallest absolute Gasteiger partial charge is 0.326 e. The summed E-state index contributed by atoms with van der Waals surface area (Å²) in [7, 11) is 0. The Morgan fingerprint density at radius 3 is 0.811 bits per heavy atom. The number of hydrogen-bond acceptors (Lipinski definition) is 12. The van der Waals surface area contributed by atoms with Gasteiger partial charge < -0.3 is 18.9 Å². The minimum Gasteiger partial charge on any atom is -0.463 e. The summed E-state index contributed by atoms with van der Waals surface area (Å²) in [6, 6.07) is 7.63. The van der Waals surface area contributed by atoms with Gasteiger partial charge in [-0.25, -0.2) is 0 Å². The van der Waals surface area contributed by atoms with Crippen LogP contribution in [0, 0.1) is 72.4 Å². The number of ether oxygens (including phenoxy) is 4. The van der Waals surface area contributed by atoms with Crippen LogP contribution >= 0.6 is 0 Å². The molecule has 0 N–H and O–H groups in total. The zero-order chi connectivity index (χ0) is 27.0. The maximum Gasteiger partial charge on any atom is 0.326 e. The number of rotatable bonds is 12. The molecule has 37 heavy (non-hydrogen) atoms. The highest BCUT2D eigenvalue weighted by molar-refractivity contribution is 5.85. The van der Waals surface area contributed by atoms with Crippen LogP contribution in [-0.4, -0.2) is 50.3 Å².